The van der Waals surface area contributed by atoms with E-state index in [9.17, 15) is 47.9 Å². The quantitative estimate of drug-likeness (QED) is 0.0502. The maximum atomic E-state index is 14.2. The summed E-state index contributed by atoms with van der Waals surface area (Å²) in [6.45, 7) is 9.97. The average Bonchev–Trinajstić information content (AvgIpc) is 3.61. The lowest BCUT2D eigenvalue weighted by Crippen LogP contribution is -2.54. The normalized spacial score (nSPS) is 17.4. The monoisotopic (exact) mass is 972 g/mol. The fourth-order valence-corrected chi connectivity index (χ4v) is 9.46. The van der Waals surface area contributed by atoms with Gasteiger partial charge in [-0.25, -0.2) is 0 Å². The Balaban J connectivity index is 0.943. The second-order valence-corrected chi connectivity index (χ2v) is 20.0. The van der Waals surface area contributed by atoms with Gasteiger partial charge in [0.05, 0.1) is 17.2 Å². The third kappa shape index (κ3) is 13.8. The Morgan fingerprint density at radius 3 is 2.34 bits per heavy atom. The molecule has 2 saturated heterocycles. The summed E-state index contributed by atoms with van der Waals surface area (Å²) in [6, 6.07) is 16.8. The Hall–Kier alpha value is -6.64. The van der Waals surface area contributed by atoms with Crippen LogP contribution < -0.4 is 15.4 Å². The highest BCUT2D eigenvalue weighted by molar-refractivity contribution is 6.38. The van der Waals surface area contributed by atoms with Crippen LogP contribution in [0.4, 0.5) is 0 Å². The van der Waals surface area contributed by atoms with Crippen LogP contribution in [0.15, 0.2) is 60.7 Å². The summed E-state index contributed by atoms with van der Waals surface area (Å²) in [6.07, 6.45) is 6.33. The van der Waals surface area contributed by atoms with Crippen LogP contribution >= 0.6 is 0 Å². The summed E-state index contributed by atoms with van der Waals surface area (Å²) in [5.41, 5.74) is 4.46. The van der Waals surface area contributed by atoms with Crippen LogP contribution in [-0.2, 0) is 51.2 Å². The first-order chi connectivity index (χ1) is 33.9. The van der Waals surface area contributed by atoms with Gasteiger partial charge in [-0.15, -0.1) is 0 Å². The van der Waals surface area contributed by atoms with Crippen molar-refractivity contribution in [1.29, 1.82) is 0 Å². The molecule has 378 valence electrons. The number of piperidine rings is 2. The SMILES string of the molecule is CCC(C)(C)C(=O)C(=O)N1CCCC[C@H]1C(=O)C[C@H](CCc1ccc(C)c(C)c1)c1cccc(CC(=O)CCC(=O)NCCCCCC(=O)COc2cccc3c2C(=O)N(C2CCC(=O)NC2=O)C3=O)c1. The molecule has 1 unspecified atom stereocenters. The van der Waals surface area contributed by atoms with E-state index in [0.29, 0.717) is 51.6 Å². The molecule has 3 atom stereocenters. The second kappa shape index (κ2) is 24.5. The van der Waals surface area contributed by atoms with Gasteiger partial charge in [-0.3, -0.25) is 58.2 Å². The molecular formula is C56H68N4O11. The van der Waals surface area contributed by atoms with Crippen LogP contribution in [0, 0.1) is 19.3 Å². The lowest BCUT2D eigenvalue weighted by atomic mass is 9.82. The number of likely N-dealkylation sites (tertiary alicyclic amines) is 1. The van der Waals surface area contributed by atoms with Crippen LogP contribution in [0.3, 0.4) is 0 Å². The summed E-state index contributed by atoms with van der Waals surface area (Å²) in [7, 11) is 0. The number of hydrogen-bond acceptors (Lipinski definition) is 11. The van der Waals surface area contributed by atoms with E-state index in [1.165, 1.54) is 34.2 Å². The molecule has 0 spiro atoms. The Morgan fingerprint density at radius 2 is 1.59 bits per heavy atom. The van der Waals surface area contributed by atoms with Crippen LogP contribution in [-0.4, -0.2) is 100 Å². The van der Waals surface area contributed by atoms with Gasteiger partial charge in [0.15, 0.2) is 11.6 Å². The van der Waals surface area contributed by atoms with Gasteiger partial charge in [-0.1, -0.05) is 75.7 Å². The van der Waals surface area contributed by atoms with Crippen LogP contribution in [0.25, 0.3) is 0 Å². The number of unbranched alkanes of at least 4 members (excludes halogenated alkanes) is 2. The van der Waals surface area contributed by atoms with E-state index in [1.54, 1.807) is 13.8 Å². The summed E-state index contributed by atoms with van der Waals surface area (Å²) in [4.78, 5) is 132. The van der Waals surface area contributed by atoms with Gasteiger partial charge in [0.1, 0.15) is 24.2 Å². The van der Waals surface area contributed by atoms with E-state index in [0.717, 1.165) is 40.9 Å². The van der Waals surface area contributed by atoms with Crippen LogP contribution in [0.5, 0.6) is 5.75 Å². The number of fused-ring (bicyclic) bond motifs is 1. The summed E-state index contributed by atoms with van der Waals surface area (Å²) >= 11 is 0. The third-order valence-electron chi connectivity index (χ3n) is 14.4. The lowest BCUT2D eigenvalue weighted by molar-refractivity contribution is -0.153. The minimum Gasteiger partial charge on any atom is -0.485 e. The minimum atomic E-state index is -1.12. The van der Waals surface area contributed by atoms with Crippen molar-refractivity contribution < 1.29 is 52.7 Å². The van der Waals surface area contributed by atoms with E-state index >= 15 is 0 Å². The van der Waals surface area contributed by atoms with Gasteiger partial charge in [-0.05, 0) is 118 Å². The van der Waals surface area contributed by atoms with Crippen LogP contribution in [0.2, 0.25) is 0 Å². The topological polar surface area (TPSA) is 210 Å². The molecule has 71 heavy (non-hydrogen) atoms. The molecule has 0 bridgehead atoms. The van der Waals surface area contributed by atoms with E-state index in [-0.39, 0.29) is 97.6 Å². The van der Waals surface area contributed by atoms with Gasteiger partial charge in [-0.2, -0.15) is 0 Å². The van der Waals surface area contributed by atoms with Gasteiger partial charge in [0.25, 0.3) is 17.7 Å². The Labute approximate surface area is 416 Å². The number of imide groups is 2. The van der Waals surface area contributed by atoms with E-state index < -0.39 is 52.8 Å². The molecule has 15 nitrogen and oxygen atoms in total. The first kappa shape index (κ1) is 53.7. The zero-order chi connectivity index (χ0) is 51.4. The van der Waals surface area contributed by atoms with Gasteiger partial charge in [0, 0.05) is 57.0 Å². The highest BCUT2D eigenvalue weighted by atomic mass is 16.5. The number of amides is 6. The largest absolute Gasteiger partial charge is 0.485 e. The summed E-state index contributed by atoms with van der Waals surface area (Å²) < 4.78 is 5.69. The molecule has 6 rings (SSSR count). The first-order valence-electron chi connectivity index (χ1n) is 25.2. The van der Waals surface area contributed by atoms with Crippen molar-refractivity contribution >= 4 is 58.6 Å². The maximum Gasteiger partial charge on any atom is 0.291 e. The number of nitrogens with zero attached hydrogens (tertiary/aromatic N) is 2. The second-order valence-electron chi connectivity index (χ2n) is 20.0. The van der Waals surface area contributed by atoms with Gasteiger partial charge in [0.2, 0.25) is 23.5 Å². The van der Waals surface area contributed by atoms with E-state index in [4.69, 9.17) is 4.74 Å². The highest BCUT2D eigenvalue weighted by Gasteiger charge is 2.46. The number of carbonyl (C=O) groups excluding carboxylic acids is 10. The van der Waals surface area contributed by atoms with Crippen LogP contribution in [0.1, 0.15) is 165 Å². The molecule has 3 aliphatic heterocycles. The number of aryl methyl sites for hydroxylation is 3. The predicted molar refractivity (Wildman–Crippen MR) is 265 cm³/mol. The zero-order valence-corrected chi connectivity index (χ0v) is 41.8. The van der Waals surface area contributed by atoms with Crippen molar-refractivity contribution in [2.45, 2.75) is 155 Å². The number of hydrogen-bond donors (Lipinski definition) is 2. The molecule has 2 fully saturated rings. The molecule has 0 aromatic heterocycles. The van der Waals surface area contributed by atoms with E-state index in [2.05, 4.69) is 42.7 Å². The minimum absolute atomic E-state index is 0.00457. The van der Waals surface area contributed by atoms with Crippen molar-refractivity contribution in [2.75, 3.05) is 19.7 Å². The highest BCUT2D eigenvalue weighted by Crippen LogP contribution is 2.35. The number of carbonyl (C=O) groups is 10. The smallest absolute Gasteiger partial charge is 0.291 e. The first-order valence-corrected chi connectivity index (χ1v) is 25.2. The summed E-state index contributed by atoms with van der Waals surface area (Å²) in [5.74, 6) is -4.41. The molecule has 2 N–H and O–H groups in total. The Morgan fingerprint density at radius 1 is 0.817 bits per heavy atom. The third-order valence-corrected chi connectivity index (χ3v) is 14.4. The fourth-order valence-electron chi connectivity index (χ4n) is 9.46. The molecule has 0 radical (unpaired) electrons. The molecule has 0 aliphatic carbocycles. The van der Waals surface area contributed by atoms with Crippen molar-refractivity contribution in [3.63, 3.8) is 0 Å². The molecule has 3 aliphatic rings. The molecule has 3 aromatic rings. The van der Waals surface area contributed by atoms with Crippen molar-refractivity contribution in [1.82, 2.24) is 20.4 Å². The Bertz CT molecular complexity index is 2560. The number of Topliss-reactive ketones (excluding diaryl/α,β-unsaturated/α-hetero) is 4. The zero-order valence-electron chi connectivity index (χ0n) is 41.8. The number of ether oxygens (including phenoxy) is 1. The molecule has 3 heterocycles. The molecule has 6 amide bonds. The average molecular weight is 973 g/mol. The lowest BCUT2D eigenvalue weighted by Gasteiger charge is -2.36. The standard InChI is InChI=1S/C56H68N4O11/c1-6-56(4,5)51(66)55(70)59-29-11-9-18-44(59)46(63)33-40(23-22-37-21-20-35(2)36(3)30-37)39-15-12-14-38(31-39)32-41(61)24-26-48(64)57-28-10-7-8-16-42(62)34-71-47-19-13-17-43-50(47)54(69)60(53(43)68)45-25-27-49(65)58-52(45)67/h12-15,17,19-21,30-31,40,44-45H,6-11,16,18,22-29,32-34H2,1-5H3,(H,57,64)(H,58,65,67)/t40-,44-,45?/m0/s1. The number of benzene rings is 3. The molecule has 3 aromatic carbocycles. The summed E-state index contributed by atoms with van der Waals surface area (Å²) in [5, 5.41) is 5.01. The molecule has 0 saturated carbocycles. The maximum absolute atomic E-state index is 14.2. The van der Waals surface area contributed by atoms with Gasteiger partial charge >= 0.3 is 0 Å². The van der Waals surface area contributed by atoms with E-state index in [1.807, 2.05) is 31.2 Å². The van der Waals surface area contributed by atoms with Gasteiger partial charge < -0.3 is 15.0 Å². The molecular weight excluding hydrogens is 905 g/mol. The number of rotatable bonds is 25. The Kier molecular flexibility index (Phi) is 18.5. The molecule has 15 heteroatoms. The van der Waals surface area contributed by atoms with Crippen molar-refractivity contribution in [2.24, 2.45) is 5.41 Å². The van der Waals surface area contributed by atoms with Crippen molar-refractivity contribution in [3.8, 4) is 5.75 Å². The number of nitrogens with one attached hydrogen (secondary N) is 2. The fraction of sp³-hybridized carbons (Fsp3) is 0.500. The number of ketones is 4. The predicted octanol–water partition coefficient (Wildman–Crippen LogP) is 6.98. The van der Waals surface area contributed by atoms with Crippen molar-refractivity contribution in [3.05, 3.63) is 99.6 Å².